The lowest BCUT2D eigenvalue weighted by molar-refractivity contribution is -0.114. The lowest BCUT2D eigenvalue weighted by Gasteiger charge is -2.26. The predicted octanol–water partition coefficient (Wildman–Crippen LogP) is 4.63. The number of rotatable bonds is 8. The highest BCUT2D eigenvalue weighted by Gasteiger charge is 2.28. The van der Waals surface area contributed by atoms with Crippen LogP contribution >= 0.6 is 11.6 Å². The Labute approximate surface area is 187 Å². The summed E-state index contributed by atoms with van der Waals surface area (Å²) in [6.45, 7) is 1.71. The average Bonchev–Trinajstić information content (AvgIpc) is 2.75. The molecule has 0 aliphatic carbocycles. The van der Waals surface area contributed by atoms with Crippen molar-refractivity contribution < 1.29 is 17.9 Å². The fourth-order valence-electron chi connectivity index (χ4n) is 3.12. The SMILES string of the molecule is COCc1cccc(NC(=O)CN(c2cccc(Cl)c2C)S(=O)(=O)c2ccccc2)c1. The second kappa shape index (κ2) is 9.96. The molecule has 1 N–H and O–H groups in total. The van der Waals surface area contributed by atoms with E-state index in [2.05, 4.69) is 5.32 Å². The van der Waals surface area contributed by atoms with E-state index in [1.54, 1.807) is 68.6 Å². The van der Waals surface area contributed by atoms with Gasteiger partial charge in [-0.3, -0.25) is 9.10 Å². The molecule has 0 heterocycles. The van der Waals surface area contributed by atoms with Crippen molar-refractivity contribution >= 4 is 38.9 Å². The van der Waals surface area contributed by atoms with E-state index in [-0.39, 0.29) is 4.90 Å². The molecular formula is C23H23ClN2O4S. The second-order valence-electron chi connectivity index (χ2n) is 6.89. The van der Waals surface area contributed by atoms with Gasteiger partial charge in [-0.1, -0.05) is 48.0 Å². The largest absolute Gasteiger partial charge is 0.380 e. The number of ether oxygens (including phenoxy) is 1. The maximum atomic E-state index is 13.4. The molecule has 3 aromatic rings. The van der Waals surface area contributed by atoms with E-state index in [0.29, 0.717) is 28.6 Å². The molecule has 0 radical (unpaired) electrons. The summed E-state index contributed by atoms with van der Waals surface area (Å²) in [6.07, 6.45) is 0. The fourth-order valence-corrected chi connectivity index (χ4v) is 4.79. The zero-order valence-electron chi connectivity index (χ0n) is 17.2. The molecule has 0 atom stereocenters. The van der Waals surface area contributed by atoms with E-state index in [4.69, 9.17) is 16.3 Å². The monoisotopic (exact) mass is 458 g/mol. The van der Waals surface area contributed by atoms with Crippen molar-refractivity contribution in [3.63, 3.8) is 0 Å². The van der Waals surface area contributed by atoms with Crippen LogP contribution in [0.5, 0.6) is 0 Å². The summed E-state index contributed by atoms with van der Waals surface area (Å²) in [7, 11) is -2.42. The van der Waals surface area contributed by atoms with E-state index in [1.807, 2.05) is 6.07 Å². The fraction of sp³-hybridized carbons (Fsp3) is 0.174. The summed E-state index contributed by atoms with van der Waals surface area (Å²) in [6, 6.07) is 20.1. The van der Waals surface area contributed by atoms with E-state index < -0.39 is 22.5 Å². The number of nitrogens with one attached hydrogen (secondary N) is 1. The van der Waals surface area contributed by atoms with Gasteiger partial charge in [0.2, 0.25) is 5.91 Å². The Morgan fingerprint density at radius 1 is 1.03 bits per heavy atom. The standard InChI is InChI=1S/C23H23ClN2O4S/c1-17-21(24)12-7-13-22(17)26(31(28,29)20-10-4-3-5-11-20)15-23(27)25-19-9-6-8-18(14-19)16-30-2/h3-14H,15-16H2,1-2H3,(H,25,27). The first-order chi connectivity index (χ1) is 14.8. The van der Waals surface area contributed by atoms with Crippen LogP contribution in [0.4, 0.5) is 11.4 Å². The van der Waals surface area contributed by atoms with Gasteiger partial charge in [0.1, 0.15) is 6.54 Å². The summed E-state index contributed by atoms with van der Waals surface area (Å²) in [5.74, 6) is -0.478. The number of hydrogen-bond acceptors (Lipinski definition) is 4. The van der Waals surface area contributed by atoms with Gasteiger partial charge in [0.05, 0.1) is 17.2 Å². The molecule has 0 bridgehead atoms. The maximum Gasteiger partial charge on any atom is 0.264 e. The molecule has 0 unspecified atom stereocenters. The summed E-state index contributed by atoms with van der Waals surface area (Å²) < 4.78 is 33.0. The third kappa shape index (κ3) is 5.44. The van der Waals surface area contributed by atoms with Crippen molar-refractivity contribution in [3.8, 4) is 0 Å². The van der Waals surface area contributed by atoms with Gasteiger partial charge < -0.3 is 10.1 Å². The van der Waals surface area contributed by atoms with Gasteiger partial charge in [0, 0.05) is 17.8 Å². The Morgan fingerprint density at radius 2 is 1.74 bits per heavy atom. The molecule has 0 aliphatic rings. The van der Waals surface area contributed by atoms with Crippen molar-refractivity contribution in [2.45, 2.75) is 18.4 Å². The third-order valence-corrected chi connectivity index (χ3v) is 6.83. The number of amides is 1. The van der Waals surface area contributed by atoms with Crippen molar-refractivity contribution in [2.75, 3.05) is 23.3 Å². The molecule has 0 fully saturated rings. The maximum absolute atomic E-state index is 13.4. The normalized spacial score (nSPS) is 11.2. The highest BCUT2D eigenvalue weighted by molar-refractivity contribution is 7.92. The highest BCUT2D eigenvalue weighted by atomic mass is 35.5. The zero-order valence-corrected chi connectivity index (χ0v) is 18.8. The van der Waals surface area contributed by atoms with Gasteiger partial charge in [-0.2, -0.15) is 0 Å². The molecule has 0 aliphatic heterocycles. The van der Waals surface area contributed by atoms with Crippen LogP contribution in [0, 0.1) is 6.92 Å². The number of nitrogens with zero attached hydrogens (tertiary/aromatic N) is 1. The van der Waals surface area contributed by atoms with Crippen LogP contribution in [0.3, 0.4) is 0 Å². The van der Waals surface area contributed by atoms with Crippen LogP contribution in [0.25, 0.3) is 0 Å². The predicted molar refractivity (Wildman–Crippen MR) is 123 cm³/mol. The minimum Gasteiger partial charge on any atom is -0.380 e. The number of carbonyl (C=O) groups is 1. The number of carbonyl (C=O) groups excluding carboxylic acids is 1. The third-order valence-electron chi connectivity index (χ3n) is 4.65. The Kier molecular flexibility index (Phi) is 7.33. The first-order valence-corrected chi connectivity index (χ1v) is 11.4. The molecule has 0 saturated carbocycles. The number of sulfonamides is 1. The van der Waals surface area contributed by atoms with Crippen LogP contribution < -0.4 is 9.62 Å². The molecule has 162 valence electrons. The lowest BCUT2D eigenvalue weighted by atomic mass is 10.2. The molecule has 1 amide bonds. The Bertz CT molecular complexity index is 1170. The van der Waals surface area contributed by atoms with Crippen LogP contribution in [0.1, 0.15) is 11.1 Å². The number of methoxy groups -OCH3 is 1. The zero-order chi connectivity index (χ0) is 22.4. The van der Waals surface area contributed by atoms with Crippen LogP contribution in [0.15, 0.2) is 77.7 Å². The molecule has 8 heteroatoms. The summed E-state index contributed by atoms with van der Waals surface area (Å²) in [4.78, 5) is 12.9. The number of anilines is 2. The van der Waals surface area contributed by atoms with Gasteiger partial charge in [0.15, 0.2) is 0 Å². The molecule has 6 nitrogen and oxygen atoms in total. The number of benzene rings is 3. The second-order valence-corrected chi connectivity index (χ2v) is 9.16. The molecule has 3 aromatic carbocycles. The van der Waals surface area contributed by atoms with Gasteiger partial charge in [-0.05, 0) is 54.4 Å². The molecular weight excluding hydrogens is 436 g/mol. The average molecular weight is 459 g/mol. The molecule has 0 saturated heterocycles. The first-order valence-electron chi connectivity index (χ1n) is 9.53. The Hall–Kier alpha value is -2.87. The van der Waals surface area contributed by atoms with E-state index in [1.165, 1.54) is 12.1 Å². The van der Waals surface area contributed by atoms with E-state index >= 15 is 0 Å². The van der Waals surface area contributed by atoms with Crippen LogP contribution in [-0.2, 0) is 26.2 Å². The quantitative estimate of drug-likeness (QED) is 0.534. The van der Waals surface area contributed by atoms with Crippen molar-refractivity contribution in [1.82, 2.24) is 0 Å². The van der Waals surface area contributed by atoms with Gasteiger partial charge >= 0.3 is 0 Å². The van der Waals surface area contributed by atoms with Gasteiger partial charge in [0.25, 0.3) is 10.0 Å². The molecule has 0 aromatic heterocycles. The summed E-state index contributed by atoms with van der Waals surface area (Å²) >= 11 is 6.23. The Morgan fingerprint density at radius 3 is 2.45 bits per heavy atom. The van der Waals surface area contributed by atoms with Crippen molar-refractivity contribution in [2.24, 2.45) is 0 Å². The molecule has 0 spiro atoms. The van der Waals surface area contributed by atoms with Crippen LogP contribution in [-0.4, -0.2) is 28.0 Å². The van der Waals surface area contributed by atoms with E-state index in [9.17, 15) is 13.2 Å². The summed E-state index contributed by atoms with van der Waals surface area (Å²) in [5, 5.41) is 3.18. The van der Waals surface area contributed by atoms with Gasteiger partial charge in [-0.15, -0.1) is 0 Å². The van der Waals surface area contributed by atoms with Crippen LogP contribution in [0.2, 0.25) is 5.02 Å². The highest BCUT2D eigenvalue weighted by Crippen LogP contribution is 2.30. The number of hydrogen-bond donors (Lipinski definition) is 1. The minimum atomic E-state index is -4.00. The lowest BCUT2D eigenvalue weighted by Crippen LogP contribution is -2.38. The minimum absolute atomic E-state index is 0.0873. The van der Waals surface area contributed by atoms with E-state index in [0.717, 1.165) is 9.87 Å². The summed E-state index contributed by atoms with van der Waals surface area (Å²) in [5.41, 5.74) is 2.36. The first kappa shape index (κ1) is 22.8. The van der Waals surface area contributed by atoms with Crippen molar-refractivity contribution in [3.05, 3.63) is 88.9 Å². The molecule has 3 rings (SSSR count). The molecule has 31 heavy (non-hydrogen) atoms. The van der Waals surface area contributed by atoms with Crippen molar-refractivity contribution in [1.29, 1.82) is 0 Å². The Balaban J connectivity index is 1.95. The topological polar surface area (TPSA) is 75.7 Å². The number of halogens is 1. The smallest absolute Gasteiger partial charge is 0.264 e. The van der Waals surface area contributed by atoms with Gasteiger partial charge in [-0.25, -0.2) is 8.42 Å².